The van der Waals surface area contributed by atoms with Crippen LogP contribution in [0.15, 0.2) is 24.3 Å². The van der Waals surface area contributed by atoms with Crippen LogP contribution in [0.4, 0.5) is 0 Å². The molecule has 116 valence electrons. The summed E-state index contributed by atoms with van der Waals surface area (Å²) in [5.74, 6) is 0. The fraction of sp³-hybridized carbons (Fsp3) is 0.579. The van der Waals surface area contributed by atoms with Crippen molar-refractivity contribution in [3.05, 3.63) is 35.4 Å². The third-order valence-corrected chi connectivity index (χ3v) is 5.28. The number of benzene rings is 1. The van der Waals surface area contributed by atoms with E-state index in [2.05, 4.69) is 43.9 Å². The van der Waals surface area contributed by atoms with Gasteiger partial charge in [-0.25, -0.2) is 0 Å². The molecule has 0 unspecified atom stereocenters. The molecule has 1 aromatic rings. The van der Waals surface area contributed by atoms with E-state index in [9.17, 15) is 5.26 Å². The molecule has 1 saturated heterocycles. The minimum absolute atomic E-state index is 0.132. The van der Waals surface area contributed by atoms with E-state index in [0.29, 0.717) is 6.42 Å². The third kappa shape index (κ3) is 3.49. The van der Waals surface area contributed by atoms with Crippen LogP contribution in [0.2, 0.25) is 0 Å². The molecule has 3 heteroatoms. The fourth-order valence-corrected chi connectivity index (χ4v) is 3.48. The largest absolute Gasteiger partial charge is 0.299 e. The second-order valence-electron chi connectivity index (χ2n) is 7.45. The second kappa shape index (κ2) is 6.51. The van der Waals surface area contributed by atoms with Crippen molar-refractivity contribution in [3.8, 4) is 12.1 Å². The lowest BCUT2D eigenvalue weighted by Gasteiger charge is -2.49. The molecule has 0 bridgehead atoms. The van der Waals surface area contributed by atoms with E-state index >= 15 is 0 Å². The van der Waals surface area contributed by atoms with Gasteiger partial charge in [0.1, 0.15) is 0 Å². The topological polar surface area (TPSA) is 50.8 Å². The van der Waals surface area contributed by atoms with Crippen LogP contribution in [0, 0.1) is 33.5 Å². The number of nitrogens with zero attached hydrogens (tertiary/aromatic N) is 3. The van der Waals surface area contributed by atoms with E-state index in [1.54, 1.807) is 0 Å². The highest BCUT2D eigenvalue weighted by molar-refractivity contribution is 5.32. The first kappa shape index (κ1) is 16.5. The molecule has 1 heterocycles. The zero-order valence-corrected chi connectivity index (χ0v) is 13.9. The molecule has 1 aliphatic rings. The van der Waals surface area contributed by atoms with Gasteiger partial charge in [-0.15, -0.1) is 0 Å². The summed E-state index contributed by atoms with van der Waals surface area (Å²) >= 11 is 0. The molecule has 0 N–H and O–H groups in total. The fourth-order valence-electron chi connectivity index (χ4n) is 3.48. The van der Waals surface area contributed by atoms with E-state index < -0.39 is 0 Å². The quantitative estimate of drug-likeness (QED) is 0.843. The van der Waals surface area contributed by atoms with Crippen molar-refractivity contribution >= 4 is 0 Å². The highest BCUT2D eigenvalue weighted by atomic mass is 15.1. The van der Waals surface area contributed by atoms with Gasteiger partial charge in [-0.1, -0.05) is 32.9 Å². The smallest absolute Gasteiger partial charge is 0.0991 e. The number of rotatable bonds is 3. The lowest BCUT2D eigenvalue weighted by molar-refractivity contribution is 0.00711. The minimum atomic E-state index is 0.132. The van der Waals surface area contributed by atoms with E-state index in [1.165, 1.54) is 5.56 Å². The highest BCUT2D eigenvalue weighted by Crippen LogP contribution is 2.49. The molecule has 1 fully saturated rings. The summed E-state index contributed by atoms with van der Waals surface area (Å²) in [6.07, 6.45) is 2.79. The second-order valence-corrected chi connectivity index (χ2v) is 7.45. The first-order chi connectivity index (χ1) is 10.4. The predicted octanol–water partition coefficient (Wildman–Crippen LogP) is 4.10. The Hall–Kier alpha value is -1.84. The van der Waals surface area contributed by atoms with Gasteiger partial charge in [0.15, 0.2) is 0 Å². The lowest BCUT2D eigenvalue weighted by Crippen LogP contribution is -2.46. The maximum absolute atomic E-state index is 9.21. The summed E-state index contributed by atoms with van der Waals surface area (Å²) in [7, 11) is 0. The van der Waals surface area contributed by atoms with E-state index in [-0.39, 0.29) is 10.8 Å². The Labute approximate surface area is 134 Å². The van der Waals surface area contributed by atoms with Gasteiger partial charge in [-0.3, -0.25) is 4.90 Å². The molecule has 1 aliphatic heterocycles. The number of hydrogen-bond donors (Lipinski definition) is 0. The summed E-state index contributed by atoms with van der Waals surface area (Å²) in [5.41, 5.74) is 2.22. The first-order valence-electron chi connectivity index (χ1n) is 7.99. The van der Waals surface area contributed by atoms with Crippen LogP contribution in [0.25, 0.3) is 0 Å². The molecule has 0 spiro atoms. The minimum Gasteiger partial charge on any atom is -0.299 e. The Bertz CT molecular complexity index is 590. The molecule has 3 nitrogen and oxygen atoms in total. The molecule has 0 radical (unpaired) electrons. The summed E-state index contributed by atoms with van der Waals surface area (Å²) in [6, 6.07) is 12.5. The van der Waals surface area contributed by atoms with Gasteiger partial charge in [-0.05, 0) is 54.5 Å². The monoisotopic (exact) mass is 295 g/mol. The van der Waals surface area contributed by atoms with E-state index in [4.69, 9.17) is 5.26 Å². The SMILES string of the molecule is CC(C)(C)C1(CC#N)CCN(Cc2cccc(C#N)c2)CC1. The molecular weight excluding hydrogens is 270 g/mol. The predicted molar refractivity (Wildman–Crippen MR) is 87.8 cm³/mol. The summed E-state index contributed by atoms with van der Waals surface area (Å²) in [6.45, 7) is 9.72. The normalized spacial score (nSPS) is 18.4. The van der Waals surface area contributed by atoms with Crippen molar-refractivity contribution in [2.75, 3.05) is 13.1 Å². The van der Waals surface area contributed by atoms with Gasteiger partial charge in [0, 0.05) is 13.0 Å². The lowest BCUT2D eigenvalue weighted by atomic mass is 9.60. The zero-order valence-electron chi connectivity index (χ0n) is 13.9. The third-order valence-electron chi connectivity index (χ3n) is 5.28. The Kier molecular flexibility index (Phi) is 4.89. The van der Waals surface area contributed by atoms with Crippen molar-refractivity contribution < 1.29 is 0 Å². The zero-order chi connectivity index (χ0) is 16.2. The first-order valence-corrected chi connectivity index (χ1v) is 7.99. The van der Waals surface area contributed by atoms with Gasteiger partial charge in [-0.2, -0.15) is 10.5 Å². The van der Waals surface area contributed by atoms with Crippen LogP contribution in [-0.4, -0.2) is 18.0 Å². The molecule has 0 amide bonds. The highest BCUT2D eigenvalue weighted by Gasteiger charge is 2.43. The van der Waals surface area contributed by atoms with Gasteiger partial charge >= 0.3 is 0 Å². The number of nitriles is 2. The maximum atomic E-state index is 9.21. The Morgan fingerprint density at radius 2 is 1.86 bits per heavy atom. The van der Waals surface area contributed by atoms with Crippen LogP contribution in [-0.2, 0) is 6.54 Å². The number of hydrogen-bond acceptors (Lipinski definition) is 3. The molecule has 2 rings (SSSR count). The van der Waals surface area contributed by atoms with Crippen molar-refractivity contribution in [3.63, 3.8) is 0 Å². The molecule has 0 atom stereocenters. The molecule has 0 aliphatic carbocycles. The molecule has 0 saturated carbocycles. The van der Waals surface area contributed by atoms with Crippen molar-refractivity contribution in [1.82, 2.24) is 4.90 Å². The van der Waals surface area contributed by atoms with E-state index in [0.717, 1.165) is 38.0 Å². The van der Waals surface area contributed by atoms with Crippen LogP contribution in [0.3, 0.4) is 0 Å². The van der Waals surface area contributed by atoms with Crippen LogP contribution in [0.5, 0.6) is 0 Å². The number of piperidine rings is 1. The van der Waals surface area contributed by atoms with Crippen LogP contribution < -0.4 is 0 Å². The molecule has 22 heavy (non-hydrogen) atoms. The Morgan fingerprint density at radius 3 is 2.41 bits per heavy atom. The van der Waals surface area contributed by atoms with E-state index in [1.807, 2.05) is 18.2 Å². The number of likely N-dealkylation sites (tertiary alicyclic amines) is 1. The average Bonchev–Trinajstić information content (AvgIpc) is 2.49. The van der Waals surface area contributed by atoms with Crippen molar-refractivity contribution in [2.45, 2.75) is 46.6 Å². The van der Waals surface area contributed by atoms with Gasteiger partial charge in [0.05, 0.1) is 17.7 Å². The van der Waals surface area contributed by atoms with Gasteiger partial charge in [0.25, 0.3) is 0 Å². The summed E-state index contributed by atoms with van der Waals surface area (Å²) in [5, 5.41) is 18.2. The molecule has 0 aromatic heterocycles. The summed E-state index contributed by atoms with van der Waals surface area (Å²) in [4.78, 5) is 2.44. The Morgan fingerprint density at radius 1 is 1.18 bits per heavy atom. The molecular formula is C19H25N3. The molecule has 1 aromatic carbocycles. The van der Waals surface area contributed by atoms with Gasteiger partial charge in [0.2, 0.25) is 0 Å². The van der Waals surface area contributed by atoms with Crippen molar-refractivity contribution in [2.24, 2.45) is 10.8 Å². The van der Waals surface area contributed by atoms with Crippen LogP contribution >= 0.6 is 0 Å². The summed E-state index contributed by atoms with van der Waals surface area (Å²) < 4.78 is 0. The standard InChI is InChI=1S/C19H25N3/c1-18(2,3)19(7-10-20)8-11-22(12-9-19)15-17-6-4-5-16(13-17)14-21/h4-6,13H,7-9,11-12,15H2,1-3H3. The van der Waals surface area contributed by atoms with Crippen LogP contribution in [0.1, 0.15) is 51.2 Å². The van der Waals surface area contributed by atoms with Gasteiger partial charge < -0.3 is 0 Å². The van der Waals surface area contributed by atoms with Crippen molar-refractivity contribution in [1.29, 1.82) is 10.5 Å². The average molecular weight is 295 g/mol. The Balaban J connectivity index is 2.02. The maximum Gasteiger partial charge on any atom is 0.0991 e.